The highest BCUT2D eigenvalue weighted by Gasteiger charge is 2.23. The summed E-state index contributed by atoms with van der Waals surface area (Å²) in [7, 11) is 0. The monoisotopic (exact) mass is 218 g/mol. The quantitative estimate of drug-likeness (QED) is 0.619. The van der Waals surface area contributed by atoms with E-state index in [0.717, 1.165) is 6.07 Å². The molecule has 0 saturated carbocycles. The molecule has 15 heavy (non-hydrogen) atoms. The second-order valence-electron chi connectivity index (χ2n) is 2.85. The maximum atomic E-state index is 12.5. The van der Waals surface area contributed by atoms with Crippen LogP contribution in [0.4, 0.5) is 14.6 Å². The van der Waals surface area contributed by atoms with Crippen molar-refractivity contribution in [2.24, 2.45) is 0 Å². The van der Waals surface area contributed by atoms with Crippen LogP contribution in [0, 0.1) is 17.0 Å². The molecule has 1 aromatic heterocycles. The molecule has 0 amide bonds. The summed E-state index contributed by atoms with van der Waals surface area (Å²) < 4.78 is 25.0. The van der Waals surface area contributed by atoms with Crippen molar-refractivity contribution in [3.8, 4) is 0 Å². The van der Waals surface area contributed by atoms with E-state index >= 15 is 0 Å². The minimum Gasteiger partial charge on any atom is -0.392 e. The Labute approximate surface area is 83.5 Å². The molecular formula is C8H8F2N2O3. The number of hydrogen-bond donors (Lipinski definition) is 1. The average Bonchev–Trinajstić information content (AvgIpc) is 2.15. The summed E-state index contributed by atoms with van der Waals surface area (Å²) in [5.41, 5.74) is -0.740. The fraction of sp³-hybridized carbons (Fsp3) is 0.375. The van der Waals surface area contributed by atoms with Crippen LogP contribution in [0.3, 0.4) is 0 Å². The predicted molar refractivity (Wildman–Crippen MR) is 46.5 cm³/mol. The molecule has 82 valence electrons. The lowest BCUT2D eigenvalue weighted by Crippen LogP contribution is -2.04. The van der Waals surface area contributed by atoms with Gasteiger partial charge in [0.2, 0.25) is 0 Å². The highest BCUT2D eigenvalue weighted by atomic mass is 19.3. The fourth-order valence-corrected chi connectivity index (χ4v) is 1.25. The van der Waals surface area contributed by atoms with Gasteiger partial charge in [-0.15, -0.1) is 0 Å². The number of aliphatic hydroxyl groups excluding tert-OH is 1. The summed E-state index contributed by atoms with van der Waals surface area (Å²) in [5.74, 6) is -0.541. The molecule has 1 aromatic rings. The van der Waals surface area contributed by atoms with Gasteiger partial charge in [-0.25, -0.2) is 8.78 Å². The van der Waals surface area contributed by atoms with Crippen molar-refractivity contribution in [1.82, 2.24) is 4.98 Å². The molecule has 0 saturated heterocycles. The molecule has 7 heteroatoms. The number of aliphatic hydroxyl groups is 1. The third kappa shape index (κ3) is 2.24. The van der Waals surface area contributed by atoms with Crippen LogP contribution in [0.5, 0.6) is 0 Å². The van der Waals surface area contributed by atoms with Crippen molar-refractivity contribution in [3.05, 3.63) is 33.0 Å². The van der Waals surface area contributed by atoms with E-state index in [1.54, 1.807) is 0 Å². The maximum absolute atomic E-state index is 12.5. The Hall–Kier alpha value is -1.63. The topological polar surface area (TPSA) is 76.3 Å². The highest BCUT2D eigenvalue weighted by molar-refractivity contribution is 5.37. The SMILES string of the molecule is Cc1nc([N+](=O)[O-])cc(CO)c1C(F)F. The maximum Gasteiger partial charge on any atom is 0.364 e. The lowest BCUT2D eigenvalue weighted by Gasteiger charge is -2.06. The second kappa shape index (κ2) is 4.26. The first kappa shape index (κ1) is 11.4. The molecule has 0 bridgehead atoms. The second-order valence-corrected chi connectivity index (χ2v) is 2.85. The molecule has 1 N–H and O–H groups in total. The van der Waals surface area contributed by atoms with E-state index in [-0.39, 0.29) is 11.3 Å². The molecule has 5 nitrogen and oxygen atoms in total. The van der Waals surface area contributed by atoms with Crippen LogP contribution in [0.15, 0.2) is 6.07 Å². The van der Waals surface area contributed by atoms with E-state index in [1.807, 2.05) is 0 Å². The van der Waals surface area contributed by atoms with Gasteiger partial charge >= 0.3 is 5.82 Å². The molecule has 0 unspecified atom stereocenters. The van der Waals surface area contributed by atoms with Gasteiger partial charge in [-0.05, 0) is 15.5 Å². The summed E-state index contributed by atoms with van der Waals surface area (Å²) in [6, 6.07) is 0.856. The first-order valence-electron chi connectivity index (χ1n) is 4.01. The van der Waals surface area contributed by atoms with Gasteiger partial charge in [0.05, 0.1) is 12.2 Å². The zero-order chi connectivity index (χ0) is 11.6. The van der Waals surface area contributed by atoms with Crippen LogP contribution >= 0.6 is 0 Å². The number of pyridine rings is 1. The van der Waals surface area contributed by atoms with Gasteiger partial charge in [0.25, 0.3) is 6.43 Å². The standard InChI is InChI=1S/C8H8F2N2O3/c1-4-7(8(9)10)5(3-13)2-6(11-4)12(14)15/h2,8,13H,3H2,1H3. The summed E-state index contributed by atoms with van der Waals surface area (Å²) in [5, 5.41) is 19.2. The smallest absolute Gasteiger partial charge is 0.364 e. The van der Waals surface area contributed by atoms with E-state index in [2.05, 4.69) is 4.98 Å². The predicted octanol–water partition coefficient (Wildman–Crippen LogP) is 1.73. The summed E-state index contributed by atoms with van der Waals surface area (Å²) in [4.78, 5) is 13.0. The van der Waals surface area contributed by atoms with E-state index in [9.17, 15) is 18.9 Å². The Morgan fingerprint density at radius 3 is 2.67 bits per heavy atom. The van der Waals surface area contributed by atoms with Crippen LogP contribution in [-0.2, 0) is 6.61 Å². The zero-order valence-corrected chi connectivity index (χ0v) is 7.78. The normalized spacial score (nSPS) is 10.7. The summed E-state index contributed by atoms with van der Waals surface area (Å²) in [6.07, 6.45) is -2.81. The molecule has 0 radical (unpaired) electrons. The van der Waals surface area contributed by atoms with Gasteiger partial charge in [0.1, 0.15) is 0 Å². The Kier molecular flexibility index (Phi) is 3.25. The number of halogens is 2. The zero-order valence-electron chi connectivity index (χ0n) is 7.78. The molecule has 0 aliphatic rings. The molecule has 0 aliphatic heterocycles. The van der Waals surface area contributed by atoms with Gasteiger partial charge in [0, 0.05) is 13.0 Å². The number of aromatic nitrogens is 1. The van der Waals surface area contributed by atoms with Gasteiger partial charge < -0.3 is 15.2 Å². The van der Waals surface area contributed by atoms with Crippen molar-refractivity contribution in [1.29, 1.82) is 0 Å². The van der Waals surface area contributed by atoms with Crippen LogP contribution in [-0.4, -0.2) is 15.0 Å². The van der Waals surface area contributed by atoms with E-state index in [4.69, 9.17) is 5.11 Å². The van der Waals surface area contributed by atoms with Crippen molar-refractivity contribution in [3.63, 3.8) is 0 Å². The lowest BCUT2D eigenvalue weighted by molar-refractivity contribution is -0.389. The Bertz CT molecular complexity index is 396. The lowest BCUT2D eigenvalue weighted by atomic mass is 10.1. The summed E-state index contributed by atoms with van der Waals surface area (Å²) >= 11 is 0. The Morgan fingerprint density at radius 1 is 1.67 bits per heavy atom. The van der Waals surface area contributed by atoms with Crippen LogP contribution in [0.2, 0.25) is 0 Å². The number of alkyl halides is 2. The van der Waals surface area contributed by atoms with Gasteiger partial charge in [-0.2, -0.15) is 0 Å². The van der Waals surface area contributed by atoms with Gasteiger partial charge in [-0.3, -0.25) is 0 Å². The van der Waals surface area contributed by atoms with Crippen LogP contribution in [0.25, 0.3) is 0 Å². The third-order valence-corrected chi connectivity index (χ3v) is 1.90. The molecule has 0 atom stereocenters. The fourth-order valence-electron chi connectivity index (χ4n) is 1.25. The third-order valence-electron chi connectivity index (χ3n) is 1.90. The first-order chi connectivity index (χ1) is 6.97. The van der Waals surface area contributed by atoms with Crippen molar-refractivity contribution < 1.29 is 18.8 Å². The summed E-state index contributed by atoms with van der Waals surface area (Å²) in [6.45, 7) is 0.567. The highest BCUT2D eigenvalue weighted by Crippen LogP contribution is 2.27. The van der Waals surface area contributed by atoms with Crippen LogP contribution < -0.4 is 0 Å². The van der Waals surface area contributed by atoms with Crippen LogP contribution in [0.1, 0.15) is 23.2 Å². The molecule has 0 spiro atoms. The van der Waals surface area contributed by atoms with Crippen molar-refractivity contribution in [2.75, 3.05) is 0 Å². The molecule has 0 fully saturated rings. The van der Waals surface area contributed by atoms with E-state index in [1.165, 1.54) is 6.92 Å². The molecule has 0 aromatic carbocycles. The molecule has 1 heterocycles. The van der Waals surface area contributed by atoms with Crippen molar-refractivity contribution in [2.45, 2.75) is 20.0 Å². The molecule has 1 rings (SSSR count). The Morgan fingerprint density at radius 2 is 2.27 bits per heavy atom. The number of nitrogens with zero attached hydrogens (tertiary/aromatic N) is 2. The Balaban J connectivity index is 3.37. The number of hydrogen-bond acceptors (Lipinski definition) is 4. The number of rotatable bonds is 3. The van der Waals surface area contributed by atoms with E-state index in [0.29, 0.717) is 0 Å². The van der Waals surface area contributed by atoms with Gasteiger partial charge in [0.15, 0.2) is 5.69 Å². The van der Waals surface area contributed by atoms with Gasteiger partial charge in [-0.1, -0.05) is 0 Å². The molecule has 0 aliphatic carbocycles. The number of nitro groups is 1. The minimum absolute atomic E-state index is 0.136. The first-order valence-corrected chi connectivity index (χ1v) is 4.01. The number of aryl methyl sites for hydroxylation is 1. The largest absolute Gasteiger partial charge is 0.392 e. The minimum atomic E-state index is -2.81. The van der Waals surface area contributed by atoms with Crippen molar-refractivity contribution >= 4 is 5.82 Å². The molecular weight excluding hydrogens is 210 g/mol. The average molecular weight is 218 g/mol. The van der Waals surface area contributed by atoms with E-state index < -0.39 is 29.3 Å².